The van der Waals surface area contributed by atoms with Crippen molar-refractivity contribution < 1.29 is 0 Å². The highest BCUT2D eigenvalue weighted by atomic mass is 32.2. The van der Waals surface area contributed by atoms with Gasteiger partial charge in [0.2, 0.25) is 0 Å². The van der Waals surface area contributed by atoms with Gasteiger partial charge in [0.1, 0.15) is 0 Å². The summed E-state index contributed by atoms with van der Waals surface area (Å²) in [7, 11) is 0. The zero-order valence-corrected chi connectivity index (χ0v) is 14.4. The number of aryl methyl sites for hydroxylation is 1. The molecule has 116 valence electrons. The van der Waals surface area contributed by atoms with Crippen molar-refractivity contribution in [3.05, 3.63) is 58.9 Å². The highest BCUT2D eigenvalue weighted by Crippen LogP contribution is 2.36. The Morgan fingerprint density at radius 2 is 2.27 bits per heavy atom. The zero-order valence-electron chi connectivity index (χ0n) is 13.6. The Kier molecular flexibility index (Phi) is 5.78. The standard InChI is InChI=1S/C19H24N2S/c1-6-8-18(20-5)22-12-17-11-16-10-15(7-2)9-13(3)19(16)14(4)21-17/h7-8,11,15H,2-3,5-6,9-10,12H2,1,4H3/b18-8-. The van der Waals surface area contributed by atoms with Crippen LogP contribution in [0.5, 0.6) is 0 Å². The summed E-state index contributed by atoms with van der Waals surface area (Å²) >= 11 is 1.69. The molecule has 1 unspecified atom stereocenters. The molecule has 1 heterocycles. The fourth-order valence-corrected chi connectivity index (χ4v) is 3.78. The molecule has 22 heavy (non-hydrogen) atoms. The third-order valence-electron chi connectivity index (χ3n) is 3.92. The van der Waals surface area contributed by atoms with Crippen LogP contribution in [0.1, 0.15) is 42.3 Å². The number of rotatable bonds is 6. The Balaban J connectivity index is 2.24. The van der Waals surface area contributed by atoms with Gasteiger partial charge in [0, 0.05) is 17.0 Å². The molecule has 1 aliphatic carbocycles. The summed E-state index contributed by atoms with van der Waals surface area (Å²) in [6.45, 7) is 16.0. The molecule has 0 spiro atoms. The molecule has 0 saturated carbocycles. The zero-order chi connectivity index (χ0) is 16.1. The second-order valence-corrected chi connectivity index (χ2v) is 6.63. The minimum Gasteiger partial charge on any atom is -0.258 e. The number of hydrogen-bond donors (Lipinski definition) is 0. The summed E-state index contributed by atoms with van der Waals surface area (Å²) in [5.74, 6) is 1.32. The molecular weight excluding hydrogens is 288 g/mol. The Labute approximate surface area is 138 Å². The molecule has 1 atom stereocenters. The molecule has 0 amide bonds. The van der Waals surface area contributed by atoms with Crippen molar-refractivity contribution in [1.29, 1.82) is 0 Å². The number of allylic oxidation sites excluding steroid dienone is 3. The summed E-state index contributed by atoms with van der Waals surface area (Å²) in [6, 6.07) is 2.23. The first-order chi connectivity index (χ1) is 10.6. The summed E-state index contributed by atoms with van der Waals surface area (Å²) in [5.41, 5.74) is 6.00. The van der Waals surface area contributed by atoms with Gasteiger partial charge in [-0.2, -0.15) is 0 Å². The Morgan fingerprint density at radius 1 is 1.50 bits per heavy atom. The summed E-state index contributed by atoms with van der Waals surface area (Å²) in [5, 5.41) is 0.980. The van der Waals surface area contributed by atoms with Crippen LogP contribution in [0.2, 0.25) is 0 Å². The Bertz CT molecular complexity index is 629. The molecule has 1 aliphatic rings. The lowest BCUT2D eigenvalue weighted by molar-refractivity contribution is 0.646. The molecule has 0 aromatic carbocycles. The van der Waals surface area contributed by atoms with E-state index < -0.39 is 0 Å². The van der Waals surface area contributed by atoms with E-state index in [0.29, 0.717) is 5.92 Å². The van der Waals surface area contributed by atoms with E-state index in [9.17, 15) is 0 Å². The SMILES string of the molecule is C=CC1CC(=C)c2c(cc(CS/C(=C\CC)N=C)nc2C)C1. The average molecular weight is 312 g/mol. The van der Waals surface area contributed by atoms with E-state index in [-0.39, 0.29) is 0 Å². The van der Waals surface area contributed by atoms with Crippen LogP contribution in [0.15, 0.2) is 41.4 Å². The van der Waals surface area contributed by atoms with Crippen LogP contribution in [0, 0.1) is 12.8 Å². The Hall–Kier alpha value is -1.61. The second-order valence-electron chi connectivity index (χ2n) is 5.64. The van der Waals surface area contributed by atoms with Crippen LogP contribution in [-0.2, 0) is 12.2 Å². The molecule has 2 nitrogen and oxygen atoms in total. The normalized spacial score (nSPS) is 18.0. The van der Waals surface area contributed by atoms with Crippen LogP contribution in [0.25, 0.3) is 5.57 Å². The van der Waals surface area contributed by atoms with Crippen molar-refractivity contribution in [2.45, 2.75) is 38.9 Å². The van der Waals surface area contributed by atoms with Crippen LogP contribution in [-0.4, -0.2) is 11.7 Å². The van der Waals surface area contributed by atoms with Gasteiger partial charge in [-0.05, 0) is 56.0 Å². The predicted molar refractivity (Wildman–Crippen MR) is 99.2 cm³/mol. The van der Waals surface area contributed by atoms with Gasteiger partial charge >= 0.3 is 0 Å². The first-order valence-electron chi connectivity index (χ1n) is 7.68. The van der Waals surface area contributed by atoms with Gasteiger partial charge < -0.3 is 0 Å². The van der Waals surface area contributed by atoms with Gasteiger partial charge in [0.15, 0.2) is 0 Å². The number of nitrogens with zero attached hydrogens (tertiary/aromatic N) is 2. The molecular formula is C19H24N2S. The molecule has 0 aliphatic heterocycles. The first kappa shape index (κ1) is 16.8. The average Bonchev–Trinajstić information content (AvgIpc) is 2.50. The second kappa shape index (κ2) is 7.59. The number of fused-ring (bicyclic) bond motifs is 1. The topological polar surface area (TPSA) is 25.2 Å². The van der Waals surface area contributed by atoms with Crippen LogP contribution >= 0.6 is 11.8 Å². The van der Waals surface area contributed by atoms with E-state index in [1.54, 1.807) is 11.8 Å². The van der Waals surface area contributed by atoms with Crippen molar-refractivity contribution >= 4 is 24.1 Å². The molecule has 0 radical (unpaired) electrons. The third kappa shape index (κ3) is 3.77. The number of aliphatic imine (C=N–C) groups is 1. The van der Waals surface area contributed by atoms with Gasteiger partial charge in [0.25, 0.3) is 0 Å². The minimum absolute atomic E-state index is 0.493. The molecule has 0 bridgehead atoms. The van der Waals surface area contributed by atoms with Crippen molar-refractivity contribution in [2.75, 3.05) is 0 Å². The fourth-order valence-electron chi connectivity index (χ4n) is 2.96. The molecule has 1 aromatic heterocycles. The van der Waals surface area contributed by atoms with Crippen LogP contribution < -0.4 is 0 Å². The lowest BCUT2D eigenvalue weighted by atomic mass is 9.80. The largest absolute Gasteiger partial charge is 0.258 e. The monoisotopic (exact) mass is 312 g/mol. The van der Waals surface area contributed by atoms with E-state index in [1.807, 2.05) is 6.08 Å². The number of hydrogen-bond acceptors (Lipinski definition) is 3. The van der Waals surface area contributed by atoms with Crippen LogP contribution in [0.3, 0.4) is 0 Å². The van der Waals surface area contributed by atoms with Crippen LogP contribution in [0.4, 0.5) is 0 Å². The first-order valence-corrected chi connectivity index (χ1v) is 8.67. The van der Waals surface area contributed by atoms with E-state index in [0.717, 1.165) is 41.4 Å². The van der Waals surface area contributed by atoms with Gasteiger partial charge in [-0.3, -0.25) is 9.98 Å². The van der Waals surface area contributed by atoms with Crippen molar-refractivity contribution in [1.82, 2.24) is 4.98 Å². The Morgan fingerprint density at radius 3 is 2.91 bits per heavy atom. The molecule has 1 aromatic rings. The number of pyridine rings is 1. The smallest absolute Gasteiger partial charge is 0.0916 e. The number of thioether (sulfide) groups is 1. The van der Waals surface area contributed by atoms with Crippen molar-refractivity contribution in [3.63, 3.8) is 0 Å². The highest BCUT2D eigenvalue weighted by molar-refractivity contribution is 8.02. The minimum atomic E-state index is 0.493. The highest BCUT2D eigenvalue weighted by Gasteiger charge is 2.22. The van der Waals surface area contributed by atoms with Crippen molar-refractivity contribution in [2.24, 2.45) is 10.9 Å². The summed E-state index contributed by atoms with van der Waals surface area (Å²) in [4.78, 5) is 8.82. The molecule has 0 fully saturated rings. The maximum absolute atomic E-state index is 4.76. The quantitative estimate of drug-likeness (QED) is 0.523. The van der Waals surface area contributed by atoms with Crippen molar-refractivity contribution in [3.8, 4) is 0 Å². The molecule has 0 N–H and O–H groups in total. The van der Waals surface area contributed by atoms with Gasteiger partial charge in [-0.25, -0.2) is 0 Å². The lowest BCUT2D eigenvalue weighted by Gasteiger charge is -2.26. The predicted octanol–water partition coefficient (Wildman–Crippen LogP) is 5.34. The summed E-state index contributed by atoms with van der Waals surface area (Å²) < 4.78 is 0. The van der Waals surface area contributed by atoms with E-state index >= 15 is 0 Å². The van der Waals surface area contributed by atoms with E-state index in [4.69, 9.17) is 4.98 Å². The van der Waals surface area contributed by atoms with E-state index in [2.05, 4.69) is 50.9 Å². The molecule has 3 heteroatoms. The summed E-state index contributed by atoms with van der Waals surface area (Å²) in [6.07, 6.45) is 7.15. The molecule has 2 rings (SSSR count). The lowest BCUT2D eigenvalue weighted by Crippen LogP contribution is -2.14. The third-order valence-corrected chi connectivity index (χ3v) is 4.95. The number of aromatic nitrogens is 1. The maximum Gasteiger partial charge on any atom is 0.0916 e. The maximum atomic E-state index is 4.76. The fraction of sp³-hybridized carbons (Fsp3) is 0.368. The van der Waals surface area contributed by atoms with Gasteiger partial charge in [0.05, 0.1) is 10.7 Å². The van der Waals surface area contributed by atoms with Gasteiger partial charge in [-0.1, -0.05) is 25.7 Å². The molecule has 0 saturated heterocycles. The van der Waals surface area contributed by atoms with E-state index in [1.165, 1.54) is 16.7 Å². The van der Waals surface area contributed by atoms with Gasteiger partial charge in [-0.15, -0.1) is 18.3 Å².